The minimum Gasteiger partial charge on any atom is -0.480 e. The van der Waals surface area contributed by atoms with Crippen molar-refractivity contribution in [1.82, 2.24) is 15.2 Å². The van der Waals surface area contributed by atoms with Crippen LogP contribution in [0.1, 0.15) is 17.0 Å². The summed E-state index contributed by atoms with van der Waals surface area (Å²) in [4.78, 5) is 41.2. The van der Waals surface area contributed by atoms with Crippen LogP contribution in [-0.2, 0) is 22.4 Å². The number of aliphatic carboxylic acids is 1. The van der Waals surface area contributed by atoms with E-state index >= 15 is 0 Å². The van der Waals surface area contributed by atoms with E-state index in [2.05, 4.69) is 15.6 Å². The average Bonchev–Trinajstić information content (AvgIpc) is 2.99. The fraction of sp³-hybridized carbons (Fsp3) is 0.500. The largest absolute Gasteiger partial charge is 0.480 e. The van der Waals surface area contributed by atoms with E-state index in [1.807, 2.05) is 0 Å². The van der Waals surface area contributed by atoms with Crippen molar-refractivity contribution in [2.75, 3.05) is 18.4 Å². The number of nitrogens with one attached hydrogen (secondary N) is 2. The summed E-state index contributed by atoms with van der Waals surface area (Å²) >= 11 is 1.41. The van der Waals surface area contributed by atoms with Gasteiger partial charge in [0.1, 0.15) is 12.6 Å². The molecule has 8 nitrogen and oxygen atoms in total. The van der Waals surface area contributed by atoms with Gasteiger partial charge >= 0.3 is 12.0 Å². The number of hydrogen-bond acceptors (Lipinski definition) is 5. The van der Waals surface area contributed by atoms with E-state index in [-0.39, 0.29) is 19.0 Å². The van der Waals surface area contributed by atoms with Crippen molar-refractivity contribution in [2.24, 2.45) is 0 Å². The number of amides is 3. The number of carbonyl (C=O) groups is 3. The van der Waals surface area contributed by atoms with Crippen molar-refractivity contribution in [3.63, 3.8) is 0 Å². The standard InChI is InChI=1S/C12H14N4O4S/c17-9-5-16(7(4-13-9)10(18)19)12(20)15-11-14-6-2-1-3-8(6)21-11/h7H,1-5H2,(H,13,17)(H,18,19)(H,14,15,20). The SMILES string of the molecule is O=C1CN(C(=O)Nc2nc3c(s2)CCC3)C(C(=O)O)CN1. The molecule has 0 radical (unpaired) electrons. The molecule has 3 amide bonds. The minimum atomic E-state index is -1.15. The van der Waals surface area contributed by atoms with E-state index in [0.717, 1.165) is 34.7 Å². The Morgan fingerprint density at radius 1 is 1.43 bits per heavy atom. The molecule has 1 unspecified atom stereocenters. The van der Waals surface area contributed by atoms with Gasteiger partial charge in [-0.3, -0.25) is 15.0 Å². The summed E-state index contributed by atoms with van der Waals surface area (Å²) in [6.45, 7) is -0.357. The fourth-order valence-corrected chi connectivity index (χ4v) is 3.52. The van der Waals surface area contributed by atoms with E-state index in [1.54, 1.807) is 0 Å². The highest BCUT2D eigenvalue weighted by Crippen LogP contribution is 2.30. The number of hydrogen-bond donors (Lipinski definition) is 3. The zero-order valence-corrected chi connectivity index (χ0v) is 11.9. The highest BCUT2D eigenvalue weighted by molar-refractivity contribution is 7.15. The molecule has 21 heavy (non-hydrogen) atoms. The van der Waals surface area contributed by atoms with Crippen LogP contribution in [0.15, 0.2) is 0 Å². The molecule has 3 rings (SSSR count). The molecule has 0 bridgehead atoms. The van der Waals surface area contributed by atoms with Crippen LogP contribution in [-0.4, -0.2) is 52.0 Å². The van der Waals surface area contributed by atoms with Gasteiger partial charge in [-0.1, -0.05) is 0 Å². The van der Waals surface area contributed by atoms with Crippen molar-refractivity contribution >= 4 is 34.4 Å². The first-order valence-corrected chi connectivity index (χ1v) is 7.42. The van der Waals surface area contributed by atoms with Gasteiger partial charge in [-0.15, -0.1) is 11.3 Å². The molecule has 1 saturated heterocycles. The van der Waals surface area contributed by atoms with Gasteiger partial charge in [-0.2, -0.15) is 0 Å². The molecular weight excluding hydrogens is 296 g/mol. The molecule has 9 heteroatoms. The summed E-state index contributed by atoms with van der Waals surface area (Å²) in [6.07, 6.45) is 2.95. The molecular formula is C12H14N4O4S. The number of anilines is 1. The zero-order chi connectivity index (χ0) is 15.0. The lowest BCUT2D eigenvalue weighted by atomic mass is 10.2. The maximum absolute atomic E-state index is 12.2. The first-order valence-electron chi connectivity index (χ1n) is 6.60. The number of nitrogens with zero attached hydrogens (tertiary/aromatic N) is 2. The van der Waals surface area contributed by atoms with E-state index < -0.39 is 18.0 Å². The summed E-state index contributed by atoms with van der Waals surface area (Å²) in [5.74, 6) is -1.52. The highest BCUT2D eigenvalue weighted by atomic mass is 32.1. The lowest BCUT2D eigenvalue weighted by molar-refractivity contribution is -0.144. The Balaban J connectivity index is 1.72. The van der Waals surface area contributed by atoms with Gasteiger partial charge in [-0.05, 0) is 19.3 Å². The number of carboxylic acids is 1. The van der Waals surface area contributed by atoms with Crippen LogP contribution in [0.3, 0.4) is 0 Å². The summed E-state index contributed by atoms with van der Waals surface area (Å²) in [5.41, 5.74) is 1.00. The lowest BCUT2D eigenvalue weighted by Gasteiger charge is -2.32. The lowest BCUT2D eigenvalue weighted by Crippen LogP contribution is -2.60. The monoisotopic (exact) mass is 310 g/mol. The second-order valence-electron chi connectivity index (χ2n) is 4.96. The van der Waals surface area contributed by atoms with Gasteiger partial charge in [0.2, 0.25) is 5.91 Å². The Hall–Kier alpha value is -2.16. The molecule has 1 atom stereocenters. The molecule has 0 saturated carbocycles. The number of carbonyl (C=O) groups excluding carboxylic acids is 2. The second kappa shape index (κ2) is 5.32. The van der Waals surface area contributed by atoms with E-state index in [9.17, 15) is 14.4 Å². The Kier molecular flexibility index (Phi) is 3.50. The van der Waals surface area contributed by atoms with Gasteiger partial charge < -0.3 is 10.4 Å². The normalized spacial score (nSPS) is 20.9. The van der Waals surface area contributed by atoms with Crippen LogP contribution >= 0.6 is 11.3 Å². The second-order valence-corrected chi connectivity index (χ2v) is 6.04. The van der Waals surface area contributed by atoms with Crippen LogP contribution in [0.4, 0.5) is 9.93 Å². The van der Waals surface area contributed by atoms with E-state index in [1.165, 1.54) is 11.3 Å². The van der Waals surface area contributed by atoms with E-state index in [4.69, 9.17) is 5.11 Å². The number of rotatable bonds is 2. The maximum atomic E-state index is 12.2. The summed E-state index contributed by atoms with van der Waals surface area (Å²) in [5, 5.41) is 14.6. The average molecular weight is 310 g/mol. The molecule has 1 aliphatic carbocycles. The number of carboxylic acid groups (broad SMARTS) is 1. The third-order valence-corrected chi connectivity index (χ3v) is 4.61. The van der Waals surface area contributed by atoms with Crippen molar-refractivity contribution in [3.05, 3.63) is 10.6 Å². The molecule has 3 N–H and O–H groups in total. The summed E-state index contributed by atoms with van der Waals surface area (Å²) < 4.78 is 0. The molecule has 1 aromatic rings. The maximum Gasteiger partial charge on any atom is 0.328 e. The van der Waals surface area contributed by atoms with Crippen molar-refractivity contribution in [3.8, 4) is 0 Å². The van der Waals surface area contributed by atoms with Crippen LogP contribution in [0.5, 0.6) is 0 Å². The number of aryl methyl sites for hydroxylation is 2. The zero-order valence-electron chi connectivity index (χ0n) is 11.1. The molecule has 1 aliphatic heterocycles. The molecule has 0 spiro atoms. The Morgan fingerprint density at radius 2 is 2.24 bits per heavy atom. The van der Waals surface area contributed by atoms with Crippen molar-refractivity contribution < 1.29 is 19.5 Å². The number of thiazole rings is 1. The van der Waals surface area contributed by atoms with Gasteiger partial charge in [0.25, 0.3) is 0 Å². The molecule has 0 aromatic carbocycles. The Labute approximate surface area is 124 Å². The number of piperazine rings is 1. The topological polar surface area (TPSA) is 112 Å². The molecule has 112 valence electrons. The molecule has 2 heterocycles. The van der Waals surface area contributed by atoms with Crippen LogP contribution in [0, 0.1) is 0 Å². The number of fused-ring (bicyclic) bond motifs is 1. The Bertz CT molecular complexity index is 593. The predicted octanol–water partition coefficient (Wildman–Crippen LogP) is 0.0487. The van der Waals surface area contributed by atoms with Gasteiger partial charge in [0, 0.05) is 11.4 Å². The third kappa shape index (κ3) is 2.68. The number of aromatic nitrogens is 1. The molecule has 2 aliphatic rings. The first kappa shape index (κ1) is 13.8. The van der Waals surface area contributed by atoms with Gasteiger partial charge in [0.05, 0.1) is 5.69 Å². The smallest absolute Gasteiger partial charge is 0.328 e. The van der Waals surface area contributed by atoms with Crippen LogP contribution in [0.25, 0.3) is 0 Å². The predicted molar refractivity (Wildman–Crippen MR) is 74.3 cm³/mol. The van der Waals surface area contributed by atoms with Crippen LogP contribution < -0.4 is 10.6 Å². The molecule has 1 fully saturated rings. The first-order chi connectivity index (χ1) is 10.0. The van der Waals surface area contributed by atoms with Crippen molar-refractivity contribution in [2.45, 2.75) is 25.3 Å². The van der Waals surface area contributed by atoms with Crippen molar-refractivity contribution in [1.29, 1.82) is 0 Å². The highest BCUT2D eigenvalue weighted by Gasteiger charge is 2.35. The minimum absolute atomic E-state index is 0.0873. The fourth-order valence-electron chi connectivity index (χ4n) is 2.48. The van der Waals surface area contributed by atoms with Gasteiger partial charge in [-0.25, -0.2) is 14.6 Å². The van der Waals surface area contributed by atoms with Gasteiger partial charge in [0.15, 0.2) is 5.13 Å². The summed E-state index contributed by atoms with van der Waals surface area (Å²) in [6, 6.07) is -1.67. The third-order valence-electron chi connectivity index (χ3n) is 3.54. The Morgan fingerprint density at radius 3 is 2.95 bits per heavy atom. The quantitative estimate of drug-likeness (QED) is 0.714. The molecule has 1 aromatic heterocycles. The number of urea groups is 1. The van der Waals surface area contributed by atoms with E-state index in [0.29, 0.717) is 5.13 Å². The summed E-state index contributed by atoms with van der Waals surface area (Å²) in [7, 11) is 0. The van der Waals surface area contributed by atoms with Crippen LogP contribution in [0.2, 0.25) is 0 Å².